The Morgan fingerprint density at radius 2 is 2.17 bits per heavy atom. The van der Waals surface area contributed by atoms with Crippen molar-refractivity contribution in [3.63, 3.8) is 0 Å². The van der Waals surface area contributed by atoms with Crippen molar-refractivity contribution >= 4 is 5.96 Å². The zero-order valence-corrected chi connectivity index (χ0v) is 14.6. The Hall–Kier alpha value is -1.78. The third-order valence-corrected chi connectivity index (χ3v) is 4.15. The van der Waals surface area contributed by atoms with E-state index in [4.69, 9.17) is 4.74 Å². The molecule has 0 aromatic carbocycles. The largest absolute Gasteiger partial charge is 0.474 e. The second kappa shape index (κ2) is 9.38. The maximum Gasteiger partial charge on any atom is 0.213 e. The average molecular weight is 318 g/mol. The fourth-order valence-electron chi connectivity index (χ4n) is 2.62. The Balaban J connectivity index is 1.95. The number of nitrogens with one attached hydrogen (secondary N) is 2. The van der Waals surface area contributed by atoms with Gasteiger partial charge in [-0.25, -0.2) is 9.98 Å². The number of hydrogen-bond donors (Lipinski definition) is 2. The van der Waals surface area contributed by atoms with Crippen molar-refractivity contribution in [2.45, 2.75) is 71.6 Å². The molecule has 1 unspecified atom stereocenters. The molecule has 1 aliphatic rings. The quantitative estimate of drug-likeness (QED) is 0.598. The molecular weight excluding hydrogens is 288 g/mol. The lowest BCUT2D eigenvalue weighted by molar-refractivity contribution is 0.201. The van der Waals surface area contributed by atoms with Gasteiger partial charge in [0.25, 0.3) is 0 Å². The maximum absolute atomic E-state index is 5.96. The lowest BCUT2D eigenvalue weighted by Gasteiger charge is -2.16. The number of aliphatic imine (C=N–C) groups is 1. The smallest absolute Gasteiger partial charge is 0.213 e. The minimum Gasteiger partial charge on any atom is -0.474 e. The monoisotopic (exact) mass is 318 g/mol. The maximum atomic E-state index is 5.96. The number of hydrogen-bond acceptors (Lipinski definition) is 3. The SMILES string of the molecule is CCNC(=NCc1ccnc(OC2CCCC2)c1)NC(C)CC. The second-order valence-electron chi connectivity index (χ2n) is 6.18. The van der Waals surface area contributed by atoms with Crippen LogP contribution in [0.2, 0.25) is 0 Å². The van der Waals surface area contributed by atoms with Crippen LogP contribution >= 0.6 is 0 Å². The van der Waals surface area contributed by atoms with Crippen LogP contribution < -0.4 is 15.4 Å². The van der Waals surface area contributed by atoms with Crippen LogP contribution in [0.15, 0.2) is 23.3 Å². The van der Waals surface area contributed by atoms with Crippen molar-refractivity contribution in [3.8, 4) is 5.88 Å². The van der Waals surface area contributed by atoms with Crippen LogP contribution in [0.3, 0.4) is 0 Å². The van der Waals surface area contributed by atoms with Crippen LogP contribution in [0.5, 0.6) is 5.88 Å². The molecule has 0 spiro atoms. The minimum absolute atomic E-state index is 0.339. The predicted molar refractivity (Wildman–Crippen MR) is 94.8 cm³/mol. The molecule has 0 saturated heterocycles. The Morgan fingerprint density at radius 3 is 2.87 bits per heavy atom. The predicted octanol–water partition coefficient (Wildman–Crippen LogP) is 3.26. The molecule has 2 N–H and O–H groups in total. The molecule has 128 valence electrons. The highest BCUT2D eigenvalue weighted by atomic mass is 16.5. The third-order valence-electron chi connectivity index (χ3n) is 4.15. The summed E-state index contributed by atoms with van der Waals surface area (Å²) in [4.78, 5) is 8.98. The summed E-state index contributed by atoms with van der Waals surface area (Å²) in [5.74, 6) is 1.58. The molecule has 0 bridgehead atoms. The standard InChI is InChI=1S/C18H30N4O/c1-4-14(3)22-18(19-5-2)21-13-15-10-11-20-17(12-15)23-16-8-6-7-9-16/h10-12,14,16H,4-9,13H2,1-3H3,(H2,19,21,22). The van der Waals surface area contributed by atoms with E-state index < -0.39 is 0 Å². The first-order valence-electron chi connectivity index (χ1n) is 8.87. The number of nitrogens with zero attached hydrogens (tertiary/aromatic N) is 2. The molecule has 1 heterocycles. The van der Waals surface area contributed by atoms with Crippen LogP contribution in [-0.4, -0.2) is 29.6 Å². The zero-order valence-electron chi connectivity index (χ0n) is 14.6. The van der Waals surface area contributed by atoms with Crippen LogP contribution in [0.1, 0.15) is 58.4 Å². The molecule has 1 aromatic rings. The van der Waals surface area contributed by atoms with E-state index in [1.54, 1.807) is 0 Å². The van der Waals surface area contributed by atoms with E-state index in [9.17, 15) is 0 Å². The number of pyridine rings is 1. The Morgan fingerprint density at radius 1 is 1.39 bits per heavy atom. The van der Waals surface area contributed by atoms with Gasteiger partial charge in [-0.3, -0.25) is 0 Å². The van der Waals surface area contributed by atoms with Gasteiger partial charge in [-0.2, -0.15) is 0 Å². The molecule has 2 rings (SSSR count). The highest BCUT2D eigenvalue weighted by Gasteiger charge is 2.17. The molecular formula is C18H30N4O. The van der Waals surface area contributed by atoms with E-state index in [1.165, 1.54) is 12.8 Å². The van der Waals surface area contributed by atoms with Crippen LogP contribution in [0.25, 0.3) is 0 Å². The Bertz CT molecular complexity index is 498. The van der Waals surface area contributed by atoms with Crippen molar-refractivity contribution in [2.75, 3.05) is 6.54 Å². The normalized spacial score (nSPS) is 17.1. The minimum atomic E-state index is 0.339. The topological polar surface area (TPSA) is 58.5 Å². The summed E-state index contributed by atoms with van der Waals surface area (Å²) in [5, 5.41) is 6.69. The number of aromatic nitrogens is 1. The van der Waals surface area contributed by atoms with Gasteiger partial charge in [-0.15, -0.1) is 0 Å². The molecule has 1 fully saturated rings. The molecule has 1 atom stereocenters. The fourth-order valence-corrected chi connectivity index (χ4v) is 2.62. The van der Waals surface area contributed by atoms with Crippen molar-refractivity contribution < 1.29 is 4.74 Å². The van der Waals surface area contributed by atoms with Gasteiger partial charge < -0.3 is 15.4 Å². The number of guanidine groups is 1. The first kappa shape index (κ1) is 17.6. The lowest BCUT2D eigenvalue weighted by Crippen LogP contribution is -2.41. The molecule has 5 nitrogen and oxygen atoms in total. The first-order chi connectivity index (χ1) is 11.2. The first-order valence-corrected chi connectivity index (χ1v) is 8.87. The molecule has 0 radical (unpaired) electrons. The zero-order chi connectivity index (χ0) is 16.5. The van der Waals surface area contributed by atoms with Crippen molar-refractivity contribution in [1.82, 2.24) is 15.6 Å². The molecule has 23 heavy (non-hydrogen) atoms. The Kier molecular flexibility index (Phi) is 7.17. The third kappa shape index (κ3) is 6.08. The van der Waals surface area contributed by atoms with Gasteiger partial charge in [-0.1, -0.05) is 6.92 Å². The van der Waals surface area contributed by atoms with E-state index in [2.05, 4.69) is 41.4 Å². The molecule has 0 aliphatic heterocycles. The summed E-state index contributed by atoms with van der Waals surface area (Å²) >= 11 is 0. The molecule has 1 aliphatic carbocycles. The molecule has 1 saturated carbocycles. The summed E-state index contributed by atoms with van der Waals surface area (Å²) < 4.78 is 5.96. The fraction of sp³-hybridized carbons (Fsp3) is 0.667. The van der Waals surface area contributed by atoms with Gasteiger partial charge in [-0.05, 0) is 57.6 Å². The van der Waals surface area contributed by atoms with Gasteiger partial charge in [0, 0.05) is 24.8 Å². The van der Waals surface area contributed by atoms with Crippen LogP contribution in [0.4, 0.5) is 0 Å². The van der Waals surface area contributed by atoms with Crippen molar-refractivity contribution in [1.29, 1.82) is 0 Å². The van der Waals surface area contributed by atoms with Gasteiger partial charge in [0.2, 0.25) is 5.88 Å². The van der Waals surface area contributed by atoms with E-state index >= 15 is 0 Å². The van der Waals surface area contributed by atoms with Crippen LogP contribution in [0, 0.1) is 0 Å². The van der Waals surface area contributed by atoms with E-state index in [1.807, 2.05) is 18.3 Å². The lowest BCUT2D eigenvalue weighted by atomic mass is 10.2. The van der Waals surface area contributed by atoms with E-state index in [-0.39, 0.29) is 0 Å². The summed E-state index contributed by atoms with van der Waals surface area (Å²) in [5.41, 5.74) is 1.12. The van der Waals surface area contributed by atoms with Crippen LogP contribution in [-0.2, 0) is 6.54 Å². The second-order valence-corrected chi connectivity index (χ2v) is 6.18. The van der Waals surface area contributed by atoms with Gasteiger partial charge in [0.1, 0.15) is 6.10 Å². The highest BCUT2D eigenvalue weighted by molar-refractivity contribution is 5.80. The van der Waals surface area contributed by atoms with Crippen molar-refractivity contribution in [3.05, 3.63) is 23.9 Å². The summed E-state index contributed by atoms with van der Waals surface area (Å²) in [6, 6.07) is 4.42. The highest BCUT2D eigenvalue weighted by Crippen LogP contribution is 2.23. The number of ether oxygens (including phenoxy) is 1. The molecule has 0 amide bonds. The summed E-state index contributed by atoms with van der Waals surface area (Å²) in [7, 11) is 0. The van der Waals surface area contributed by atoms with E-state index in [0.29, 0.717) is 18.7 Å². The van der Waals surface area contributed by atoms with Gasteiger partial charge in [0.05, 0.1) is 6.54 Å². The van der Waals surface area contributed by atoms with Gasteiger partial charge in [0.15, 0.2) is 5.96 Å². The molecule has 5 heteroatoms. The average Bonchev–Trinajstić information content (AvgIpc) is 3.06. The Labute approximate surface area is 139 Å². The summed E-state index contributed by atoms with van der Waals surface area (Å²) in [6.07, 6.45) is 8.04. The molecule has 1 aromatic heterocycles. The van der Waals surface area contributed by atoms with Gasteiger partial charge >= 0.3 is 0 Å². The van der Waals surface area contributed by atoms with E-state index in [0.717, 1.165) is 43.2 Å². The van der Waals surface area contributed by atoms with Crippen molar-refractivity contribution in [2.24, 2.45) is 4.99 Å². The number of rotatable bonds is 7. The summed E-state index contributed by atoms with van der Waals surface area (Å²) in [6.45, 7) is 7.88.